The number of nitrogens with two attached hydrogens (primary N) is 1. The lowest BCUT2D eigenvalue weighted by Crippen LogP contribution is -2.40. The van der Waals surface area contributed by atoms with Crippen molar-refractivity contribution in [2.45, 2.75) is 32.7 Å². The first-order valence-corrected chi connectivity index (χ1v) is 7.00. The van der Waals surface area contributed by atoms with Gasteiger partial charge in [-0.3, -0.25) is 4.90 Å². The molecule has 104 valence electrons. The summed E-state index contributed by atoms with van der Waals surface area (Å²) in [7, 11) is 0. The minimum atomic E-state index is 0.189. The molecule has 0 amide bonds. The lowest BCUT2D eigenvalue weighted by atomic mass is 9.96. The maximum atomic E-state index is 8.77. The van der Waals surface area contributed by atoms with Crippen molar-refractivity contribution >= 4 is 5.84 Å². The molecule has 1 heterocycles. The fourth-order valence-electron chi connectivity index (χ4n) is 2.66. The molecule has 0 spiro atoms. The van der Waals surface area contributed by atoms with Crippen molar-refractivity contribution in [2.24, 2.45) is 16.8 Å². The van der Waals surface area contributed by atoms with Crippen LogP contribution >= 0.6 is 0 Å². The Morgan fingerprint density at radius 2 is 2.05 bits per heavy atom. The Morgan fingerprint density at radius 3 is 2.68 bits per heavy atom. The smallest absolute Gasteiger partial charge is 0.143 e. The molecule has 19 heavy (non-hydrogen) atoms. The molecule has 1 saturated heterocycles. The minimum Gasteiger partial charge on any atom is -0.409 e. The minimum absolute atomic E-state index is 0.189. The second-order valence-corrected chi connectivity index (χ2v) is 5.27. The highest BCUT2D eigenvalue weighted by molar-refractivity contribution is 5.82. The van der Waals surface area contributed by atoms with Crippen molar-refractivity contribution in [3.05, 3.63) is 35.4 Å². The van der Waals surface area contributed by atoms with Crippen molar-refractivity contribution in [1.29, 1.82) is 0 Å². The van der Waals surface area contributed by atoms with Crippen LogP contribution in [0.25, 0.3) is 0 Å². The van der Waals surface area contributed by atoms with Crippen LogP contribution < -0.4 is 5.73 Å². The summed E-state index contributed by atoms with van der Waals surface area (Å²) < 4.78 is 0. The average molecular weight is 261 g/mol. The SMILES string of the molecule is CCc1ccc(CN2CCCC(C(N)=NO)C2)cc1. The summed E-state index contributed by atoms with van der Waals surface area (Å²) in [5.41, 5.74) is 8.42. The summed E-state index contributed by atoms with van der Waals surface area (Å²) in [6.07, 6.45) is 3.20. The van der Waals surface area contributed by atoms with Crippen LogP contribution in [-0.2, 0) is 13.0 Å². The van der Waals surface area contributed by atoms with Crippen LogP contribution in [0.2, 0.25) is 0 Å². The van der Waals surface area contributed by atoms with Gasteiger partial charge in [0.2, 0.25) is 0 Å². The molecule has 0 bridgehead atoms. The summed E-state index contributed by atoms with van der Waals surface area (Å²) >= 11 is 0. The molecule has 4 nitrogen and oxygen atoms in total. The monoisotopic (exact) mass is 261 g/mol. The first-order chi connectivity index (χ1) is 9.22. The molecule has 0 aromatic heterocycles. The molecular weight excluding hydrogens is 238 g/mol. The molecule has 0 radical (unpaired) electrons. The van der Waals surface area contributed by atoms with Gasteiger partial charge in [-0.2, -0.15) is 0 Å². The predicted molar refractivity (Wildman–Crippen MR) is 77.2 cm³/mol. The van der Waals surface area contributed by atoms with Crippen LogP contribution in [-0.4, -0.2) is 29.0 Å². The van der Waals surface area contributed by atoms with Crippen molar-refractivity contribution in [3.63, 3.8) is 0 Å². The van der Waals surface area contributed by atoms with Gasteiger partial charge in [0.15, 0.2) is 0 Å². The van der Waals surface area contributed by atoms with E-state index in [-0.39, 0.29) is 5.92 Å². The van der Waals surface area contributed by atoms with Gasteiger partial charge in [0.25, 0.3) is 0 Å². The fourth-order valence-corrected chi connectivity index (χ4v) is 2.66. The van der Waals surface area contributed by atoms with Crippen LogP contribution in [0, 0.1) is 5.92 Å². The van der Waals surface area contributed by atoms with Crippen molar-refractivity contribution in [1.82, 2.24) is 4.90 Å². The number of hydrogen-bond donors (Lipinski definition) is 2. The highest BCUT2D eigenvalue weighted by Gasteiger charge is 2.22. The van der Waals surface area contributed by atoms with Crippen LogP contribution in [0.3, 0.4) is 0 Å². The van der Waals surface area contributed by atoms with Gasteiger partial charge in [-0.05, 0) is 36.9 Å². The highest BCUT2D eigenvalue weighted by Crippen LogP contribution is 2.19. The van der Waals surface area contributed by atoms with E-state index in [1.54, 1.807) is 0 Å². The Balaban J connectivity index is 1.94. The van der Waals surface area contributed by atoms with E-state index in [2.05, 4.69) is 41.2 Å². The van der Waals surface area contributed by atoms with Crippen LogP contribution in [0.5, 0.6) is 0 Å². The van der Waals surface area contributed by atoms with Gasteiger partial charge in [-0.25, -0.2) is 0 Å². The molecule has 1 unspecified atom stereocenters. The number of piperidine rings is 1. The molecule has 4 heteroatoms. The van der Waals surface area contributed by atoms with E-state index < -0.39 is 0 Å². The third-order valence-corrected chi connectivity index (χ3v) is 3.88. The topological polar surface area (TPSA) is 61.8 Å². The second-order valence-electron chi connectivity index (χ2n) is 5.27. The first kappa shape index (κ1) is 13.9. The van der Waals surface area contributed by atoms with Crippen LogP contribution in [0.1, 0.15) is 30.9 Å². The third kappa shape index (κ3) is 3.70. The Kier molecular flexibility index (Phi) is 4.80. The van der Waals surface area contributed by atoms with E-state index >= 15 is 0 Å². The van der Waals surface area contributed by atoms with E-state index in [1.807, 2.05) is 0 Å². The number of aryl methyl sites for hydroxylation is 1. The molecule has 2 rings (SSSR count). The van der Waals surface area contributed by atoms with Crippen LogP contribution in [0.15, 0.2) is 29.4 Å². The lowest BCUT2D eigenvalue weighted by molar-refractivity contribution is 0.193. The predicted octanol–water partition coefficient (Wildman–Crippen LogP) is 2.21. The number of benzene rings is 1. The van der Waals surface area contributed by atoms with E-state index in [9.17, 15) is 0 Å². The summed E-state index contributed by atoms with van der Waals surface area (Å²) in [6.45, 7) is 5.08. The zero-order chi connectivity index (χ0) is 13.7. The fraction of sp³-hybridized carbons (Fsp3) is 0.533. The molecular formula is C15H23N3O. The third-order valence-electron chi connectivity index (χ3n) is 3.88. The van der Waals surface area contributed by atoms with Gasteiger partial charge < -0.3 is 10.9 Å². The van der Waals surface area contributed by atoms with Gasteiger partial charge >= 0.3 is 0 Å². The van der Waals surface area contributed by atoms with Gasteiger partial charge in [-0.15, -0.1) is 0 Å². The van der Waals surface area contributed by atoms with Crippen LogP contribution in [0.4, 0.5) is 0 Å². The normalized spacial score (nSPS) is 21.5. The molecule has 1 aromatic rings. The van der Waals surface area contributed by atoms with E-state index in [1.165, 1.54) is 11.1 Å². The number of nitrogens with zero attached hydrogens (tertiary/aromatic N) is 2. The molecule has 1 aliphatic rings. The molecule has 0 aliphatic carbocycles. The number of rotatable bonds is 4. The zero-order valence-electron chi connectivity index (χ0n) is 11.5. The van der Waals surface area contributed by atoms with E-state index in [0.717, 1.165) is 38.9 Å². The van der Waals surface area contributed by atoms with E-state index in [0.29, 0.717) is 5.84 Å². The standard InChI is InChI=1S/C15H23N3O/c1-2-12-5-7-13(8-6-12)10-18-9-3-4-14(11-18)15(16)17-19/h5-8,14,19H,2-4,9-11H2,1H3,(H2,16,17). The lowest BCUT2D eigenvalue weighted by Gasteiger charge is -2.32. The molecule has 3 N–H and O–H groups in total. The number of likely N-dealkylation sites (tertiary alicyclic amines) is 1. The summed E-state index contributed by atoms with van der Waals surface area (Å²) in [4.78, 5) is 2.38. The van der Waals surface area contributed by atoms with Crippen molar-refractivity contribution in [3.8, 4) is 0 Å². The molecule has 0 saturated carbocycles. The Hall–Kier alpha value is -1.55. The zero-order valence-corrected chi connectivity index (χ0v) is 11.5. The van der Waals surface area contributed by atoms with Gasteiger partial charge in [0.05, 0.1) is 0 Å². The molecule has 1 fully saturated rings. The Morgan fingerprint density at radius 1 is 1.37 bits per heavy atom. The Labute approximate surface area is 114 Å². The highest BCUT2D eigenvalue weighted by atomic mass is 16.4. The summed E-state index contributed by atoms with van der Waals surface area (Å²) in [6, 6.07) is 8.79. The number of amidine groups is 1. The van der Waals surface area contributed by atoms with Gasteiger partial charge in [0.1, 0.15) is 5.84 Å². The summed E-state index contributed by atoms with van der Waals surface area (Å²) in [5, 5.41) is 11.9. The maximum absolute atomic E-state index is 8.77. The Bertz CT molecular complexity index is 428. The number of hydrogen-bond acceptors (Lipinski definition) is 3. The van der Waals surface area contributed by atoms with E-state index in [4.69, 9.17) is 10.9 Å². The average Bonchev–Trinajstić information content (AvgIpc) is 2.47. The maximum Gasteiger partial charge on any atom is 0.143 e. The summed E-state index contributed by atoms with van der Waals surface area (Å²) in [5.74, 6) is 0.555. The first-order valence-electron chi connectivity index (χ1n) is 7.00. The number of oxime groups is 1. The molecule has 1 atom stereocenters. The van der Waals surface area contributed by atoms with Crippen molar-refractivity contribution in [2.75, 3.05) is 13.1 Å². The van der Waals surface area contributed by atoms with Crippen molar-refractivity contribution < 1.29 is 5.21 Å². The quantitative estimate of drug-likeness (QED) is 0.378. The largest absolute Gasteiger partial charge is 0.409 e. The second kappa shape index (κ2) is 6.57. The van der Waals surface area contributed by atoms with Gasteiger partial charge in [0, 0.05) is 19.0 Å². The molecule has 1 aromatic carbocycles. The van der Waals surface area contributed by atoms with Gasteiger partial charge in [-0.1, -0.05) is 36.3 Å². The molecule has 1 aliphatic heterocycles.